The minimum Gasteiger partial charge on any atom is -0.0779 e. The molecule has 0 saturated heterocycles. The molecule has 2 unspecified atom stereocenters. The first-order chi connectivity index (χ1) is 8.18. The fraction of sp³-hybridized carbons (Fsp3) is 0.294. The van der Waals surface area contributed by atoms with Gasteiger partial charge in [0.05, 0.1) is 0 Å². The zero-order valence-corrected chi connectivity index (χ0v) is 10.9. The first kappa shape index (κ1) is 11.9. The fourth-order valence-electron chi connectivity index (χ4n) is 2.27. The highest BCUT2D eigenvalue weighted by Crippen LogP contribution is 2.28. The summed E-state index contributed by atoms with van der Waals surface area (Å²) in [6.45, 7) is 6.68. The van der Waals surface area contributed by atoms with Crippen LogP contribution in [0, 0.1) is 12.8 Å². The van der Waals surface area contributed by atoms with Crippen molar-refractivity contribution < 1.29 is 0 Å². The predicted molar refractivity (Wildman–Crippen MR) is 75.1 cm³/mol. The van der Waals surface area contributed by atoms with Crippen molar-refractivity contribution in [1.29, 1.82) is 0 Å². The van der Waals surface area contributed by atoms with Gasteiger partial charge in [-0.1, -0.05) is 68.5 Å². The van der Waals surface area contributed by atoms with Crippen LogP contribution >= 0.6 is 0 Å². The predicted octanol–water partition coefficient (Wildman–Crippen LogP) is 4.79. The summed E-state index contributed by atoms with van der Waals surface area (Å²) in [5, 5.41) is 0. The molecule has 0 N–H and O–H groups in total. The SMILES string of the molecule is Cc1ccccc1C(C)C1=CC=CC(C)C=C1. The van der Waals surface area contributed by atoms with Crippen LogP contribution in [-0.4, -0.2) is 0 Å². The average molecular weight is 224 g/mol. The topological polar surface area (TPSA) is 0 Å². The summed E-state index contributed by atoms with van der Waals surface area (Å²) in [7, 11) is 0. The van der Waals surface area contributed by atoms with Crippen LogP contribution in [0.5, 0.6) is 0 Å². The minimum atomic E-state index is 0.461. The van der Waals surface area contributed by atoms with Gasteiger partial charge in [0, 0.05) is 5.92 Å². The van der Waals surface area contributed by atoms with Gasteiger partial charge in [0.1, 0.15) is 0 Å². The summed E-state index contributed by atoms with van der Waals surface area (Å²) < 4.78 is 0. The summed E-state index contributed by atoms with van der Waals surface area (Å²) >= 11 is 0. The lowest BCUT2D eigenvalue weighted by Gasteiger charge is -2.15. The van der Waals surface area contributed by atoms with E-state index in [1.54, 1.807) is 0 Å². The smallest absolute Gasteiger partial charge is 0.00635 e. The van der Waals surface area contributed by atoms with Crippen molar-refractivity contribution >= 4 is 0 Å². The Hall–Kier alpha value is -1.56. The lowest BCUT2D eigenvalue weighted by molar-refractivity contribution is 0.901. The lowest BCUT2D eigenvalue weighted by Crippen LogP contribution is -1.98. The maximum atomic E-state index is 2.28. The Morgan fingerprint density at radius 1 is 1.12 bits per heavy atom. The van der Waals surface area contributed by atoms with E-state index >= 15 is 0 Å². The third-order valence-corrected chi connectivity index (χ3v) is 3.45. The highest BCUT2D eigenvalue weighted by Gasteiger charge is 2.11. The van der Waals surface area contributed by atoms with Gasteiger partial charge in [0.15, 0.2) is 0 Å². The molecule has 0 aliphatic heterocycles. The van der Waals surface area contributed by atoms with Gasteiger partial charge in [0.2, 0.25) is 0 Å². The molecule has 0 heterocycles. The Morgan fingerprint density at radius 3 is 2.65 bits per heavy atom. The van der Waals surface area contributed by atoms with E-state index in [9.17, 15) is 0 Å². The van der Waals surface area contributed by atoms with Gasteiger partial charge < -0.3 is 0 Å². The Labute approximate surface area is 104 Å². The third-order valence-electron chi connectivity index (χ3n) is 3.45. The summed E-state index contributed by atoms with van der Waals surface area (Å²) in [4.78, 5) is 0. The Bertz CT molecular complexity index is 475. The molecule has 1 aromatic rings. The van der Waals surface area contributed by atoms with E-state index in [0.29, 0.717) is 11.8 Å². The Morgan fingerprint density at radius 2 is 1.88 bits per heavy atom. The molecule has 1 aliphatic rings. The quantitative estimate of drug-likeness (QED) is 0.677. The van der Waals surface area contributed by atoms with E-state index < -0.39 is 0 Å². The molecule has 0 saturated carbocycles. The van der Waals surface area contributed by atoms with Crippen molar-refractivity contribution in [1.82, 2.24) is 0 Å². The Balaban J connectivity index is 2.30. The largest absolute Gasteiger partial charge is 0.0779 e. The molecular formula is C17H20. The molecule has 0 bridgehead atoms. The van der Waals surface area contributed by atoms with Gasteiger partial charge in [0.25, 0.3) is 0 Å². The lowest BCUT2D eigenvalue weighted by atomic mass is 9.89. The van der Waals surface area contributed by atoms with E-state index in [1.165, 1.54) is 16.7 Å². The van der Waals surface area contributed by atoms with Crippen LogP contribution in [0.1, 0.15) is 30.9 Å². The van der Waals surface area contributed by atoms with Crippen molar-refractivity contribution in [3.63, 3.8) is 0 Å². The Kier molecular flexibility index (Phi) is 3.63. The molecule has 1 aliphatic carbocycles. The van der Waals surface area contributed by atoms with Crippen LogP contribution in [0.4, 0.5) is 0 Å². The molecule has 0 spiro atoms. The first-order valence-corrected chi connectivity index (χ1v) is 6.30. The van der Waals surface area contributed by atoms with Gasteiger partial charge in [-0.3, -0.25) is 0 Å². The zero-order valence-electron chi connectivity index (χ0n) is 10.9. The average Bonchev–Trinajstić information content (AvgIpc) is 2.54. The van der Waals surface area contributed by atoms with Crippen LogP contribution in [-0.2, 0) is 0 Å². The van der Waals surface area contributed by atoms with E-state index in [0.717, 1.165) is 0 Å². The van der Waals surface area contributed by atoms with E-state index in [2.05, 4.69) is 75.4 Å². The summed E-state index contributed by atoms with van der Waals surface area (Å²) in [5.41, 5.74) is 4.18. The van der Waals surface area contributed by atoms with Gasteiger partial charge in [-0.15, -0.1) is 0 Å². The van der Waals surface area contributed by atoms with Crippen molar-refractivity contribution in [2.75, 3.05) is 0 Å². The molecule has 0 heteroatoms. The molecule has 1 aromatic carbocycles. The molecule has 0 nitrogen and oxygen atoms in total. The molecule has 2 atom stereocenters. The number of hydrogen-bond donors (Lipinski definition) is 0. The summed E-state index contributed by atoms with van der Waals surface area (Å²) in [6.07, 6.45) is 11.2. The summed E-state index contributed by atoms with van der Waals surface area (Å²) in [6, 6.07) is 8.64. The van der Waals surface area contributed by atoms with Crippen molar-refractivity contribution in [3.8, 4) is 0 Å². The minimum absolute atomic E-state index is 0.461. The number of hydrogen-bond acceptors (Lipinski definition) is 0. The van der Waals surface area contributed by atoms with Crippen molar-refractivity contribution in [2.24, 2.45) is 5.92 Å². The number of benzene rings is 1. The fourth-order valence-corrected chi connectivity index (χ4v) is 2.27. The number of rotatable bonds is 2. The van der Waals surface area contributed by atoms with Gasteiger partial charge in [-0.2, -0.15) is 0 Å². The third kappa shape index (κ3) is 2.76. The van der Waals surface area contributed by atoms with Gasteiger partial charge in [-0.25, -0.2) is 0 Å². The van der Waals surface area contributed by atoms with Crippen LogP contribution < -0.4 is 0 Å². The van der Waals surface area contributed by atoms with Gasteiger partial charge >= 0.3 is 0 Å². The second-order valence-electron chi connectivity index (χ2n) is 4.85. The van der Waals surface area contributed by atoms with Crippen LogP contribution in [0.15, 0.2) is 60.2 Å². The second-order valence-corrected chi connectivity index (χ2v) is 4.85. The second kappa shape index (κ2) is 5.18. The van der Waals surface area contributed by atoms with Crippen molar-refractivity contribution in [3.05, 3.63) is 71.3 Å². The molecule has 0 fully saturated rings. The first-order valence-electron chi connectivity index (χ1n) is 6.30. The molecule has 2 rings (SSSR count). The van der Waals surface area contributed by atoms with E-state index in [1.807, 2.05) is 0 Å². The van der Waals surface area contributed by atoms with Crippen molar-refractivity contribution in [2.45, 2.75) is 26.7 Å². The molecule has 0 radical (unpaired) electrons. The monoisotopic (exact) mass is 224 g/mol. The molecule has 17 heavy (non-hydrogen) atoms. The van der Waals surface area contributed by atoms with Crippen LogP contribution in [0.25, 0.3) is 0 Å². The molecular weight excluding hydrogens is 204 g/mol. The zero-order chi connectivity index (χ0) is 12.3. The van der Waals surface area contributed by atoms with Crippen LogP contribution in [0.2, 0.25) is 0 Å². The maximum absolute atomic E-state index is 2.28. The standard InChI is InChI=1S/C17H20/c1-13-7-6-9-16(12-11-13)15(3)17-10-5-4-8-14(17)2/h4-13,15H,1-3H3. The number of allylic oxidation sites excluding steroid dienone is 6. The molecule has 0 amide bonds. The normalized spacial score (nSPS) is 20.9. The highest BCUT2D eigenvalue weighted by molar-refractivity contribution is 5.41. The molecule has 0 aromatic heterocycles. The van der Waals surface area contributed by atoms with E-state index in [-0.39, 0.29) is 0 Å². The van der Waals surface area contributed by atoms with Crippen LogP contribution in [0.3, 0.4) is 0 Å². The maximum Gasteiger partial charge on any atom is 0.00635 e. The number of aryl methyl sites for hydroxylation is 1. The molecule has 88 valence electrons. The highest BCUT2D eigenvalue weighted by atomic mass is 14.2. The van der Waals surface area contributed by atoms with Gasteiger partial charge in [-0.05, 0) is 29.5 Å². The van der Waals surface area contributed by atoms with E-state index in [4.69, 9.17) is 0 Å². The summed E-state index contributed by atoms with van der Waals surface area (Å²) in [5.74, 6) is 0.996.